The minimum absolute atomic E-state index is 0.00982. The lowest BCUT2D eigenvalue weighted by molar-refractivity contribution is -0.142. The van der Waals surface area contributed by atoms with Gasteiger partial charge in [0, 0.05) is 13.1 Å². The van der Waals surface area contributed by atoms with Crippen molar-refractivity contribution in [1.29, 1.82) is 0 Å². The zero-order chi connectivity index (χ0) is 80.1. The fourth-order valence-electron chi connectivity index (χ4n) is 11.7. The van der Waals surface area contributed by atoms with Crippen LogP contribution in [0.2, 0.25) is 0 Å². The Hall–Kier alpha value is -8.88. The van der Waals surface area contributed by atoms with Gasteiger partial charge in [-0.15, -0.1) is 0 Å². The summed E-state index contributed by atoms with van der Waals surface area (Å²) < 4.78 is 0. The number of aliphatic hydroxyl groups is 2. The summed E-state index contributed by atoms with van der Waals surface area (Å²) in [5, 5.41) is 66.9. The fourth-order valence-corrected chi connectivity index (χ4v) is 11.7. The van der Waals surface area contributed by atoms with Gasteiger partial charge in [-0.3, -0.25) is 72.1 Å². The smallest absolute Gasteiger partial charge is 0.326 e. The first-order valence-corrected chi connectivity index (χ1v) is 36.7. The third kappa shape index (κ3) is 34.1. The summed E-state index contributed by atoms with van der Waals surface area (Å²) in [5.41, 5.74) is 22.2. The molecule has 0 aromatic rings. The molecule has 38 nitrogen and oxygen atoms in total. The highest BCUT2D eigenvalue weighted by atomic mass is 16.4. The number of carboxylic acid groups (broad SMARTS) is 1. The van der Waals surface area contributed by atoms with Crippen LogP contribution >= 0.6 is 0 Å². The van der Waals surface area contributed by atoms with Crippen molar-refractivity contribution in [3.63, 3.8) is 0 Å². The molecule has 0 radical (unpaired) electrons. The number of unbranched alkanes of at least 4 members (excludes halogenated alkanes) is 2. The summed E-state index contributed by atoms with van der Waals surface area (Å²) in [4.78, 5) is 208. The van der Waals surface area contributed by atoms with E-state index in [1.165, 1.54) is 25.7 Å². The summed E-state index contributed by atoms with van der Waals surface area (Å²) in [5.74, 6) is -14.0. The first kappa shape index (κ1) is 93.2. The minimum atomic E-state index is -1.78. The molecular formula is C68H122N20O18. The Morgan fingerprint density at radius 2 is 0.925 bits per heavy atom. The van der Waals surface area contributed by atoms with E-state index in [0.29, 0.717) is 58.2 Å². The number of aliphatic imine (C=N–C) groups is 1. The largest absolute Gasteiger partial charge is 0.480 e. The molecule has 0 saturated carbocycles. The Balaban J connectivity index is 2.15. The van der Waals surface area contributed by atoms with Gasteiger partial charge in [-0.25, -0.2) is 4.79 Å². The third-order valence-electron chi connectivity index (χ3n) is 17.4. The topological polar surface area (TPSA) is 605 Å². The first-order valence-electron chi connectivity index (χ1n) is 36.7. The van der Waals surface area contributed by atoms with Crippen LogP contribution in [0.3, 0.4) is 0 Å². The highest BCUT2D eigenvalue weighted by Gasteiger charge is 2.40. The molecule has 2 rings (SSSR count). The molecule has 0 bridgehead atoms. The second-order valence-electron chi connectivity index (χ2n) is 28.7. The van der Waals surface area contributed by atoms with Crippen molar-refractivity contribution < 1.29 is 87.2 Å². The molecule has 2 saturated heterocycles. The van der Waals surface area contributed by atoms with Crippen LogP contribution in [-0.2, 0) is 71.9 Å². The van der Waals surface area contributed by atoms with Gasteiger partial charge in [0.05, 0.1) is 31.8 Å². The third-order valence-corrected chi connectivity index (χ3v) is 17.4. The van der Waals surface area contributed by atoms with Crippen LogP contribution in [0.4, 0.5) is 0 Å². The van der Waals surface area contributed by atoms with E-state index in [4.69, 9.17) is 22.9 Å². The summed E-state index contributed by atoms with van der Waals surface area (Å²) >= 11 is 0. The summed E-state index contributed by atoms with van der Waals surface area (Å²) in [6.45, 7) is 16.8. The zero-order valence-corrected chi connectivity index (χ0v) is 63.3. The van der Waals surface area contributed by atoms with Crippen molar-refractivity contribution in [3.8, 4) is 0 Å². The maximum absolute atomic E-state index is 14.2. The average molecular weight is 1510 g/mol. The van der Waals surface area contributed by atoms with Crippen LogP contribution in [-0.4, -0.2) is 252 Å². The van der Waals surface area contributed by atoms with Gasteiger partial charge in [-0.05, 0) is 160 Å². The molecule has 2 aliphatic heterocycles. The predicted octanol–water partition coefficient (Wildman–Crippen LogP) is -6.10. The number of amides is 14. The summed E-state index contributed by atoms with van der Waals surface area (Å²) in [6, 6.07) is -16.5. The molecule has 2 fully saturated rings. The number of likely N-dealkylation sites (tertiary alicyclic amines) is 1. The number of carbonyl (C=O) groups is 15. The number of aliphatic hydroxyl groups excluding tert-OH is 2. The normalized spacial score (nSPS) is 17.6. The maximum Gasteiger partial charge on any atom is 0.326 e. The van der Waals surface area contributed by atoms with Crippen LogP contribution in [0, 0.1) is 23.7 Å². The van der Waals surface area contributed by atoms with Crippen LogP contribution < -0.4 is 97.4 Å². The van der Waals surface area contributed by atoms with Gasteiger partial charge < -0.3 is 118 Å². The van der Waals surface area contributed by atoms with Gasteiger partial charge in [-0.1, -0.05) is 55.4 Å². The van der Waals surface area contributed by atoms with Gasteiger partial charge in [0.2, 0.25) is 82.7 Å². The Morgan fingerprint density at radius 3 is 1.46 bits per heavy atom. The Bertz CT molecular complexity index is 2960. The van der Waals surface area contributed by atoms with E-state index >= 15 is 0 Å². The number of hydrogen-bond acceptors (Lipinski definition) is 21. The molecule has 2 heterocycles. The molecule has 602 valence electrons. The highest BCUT2D eigenvalue weighted by Crippen LogP contribution is 2.21. The minimum Gasteiger partial charge on any atom is -0.480 e. The van der Waals surface area contributed by atoms with Crippen molar-refractivity contribution >= 4 is 94.6 Å². The van der Waals surface area contributed by atoms with Crippen LogP contribution in [0.15, 0.2) is 4.99 Å². The molecule has 38 heteroatoms. The second kappa shape index (κ2) is 48.3. The molecule has 25 N–H and O–H groups in total. The molecule has 0 aromatic carbocycles. The van der Waals surface area contributed by atoms with Crippen molar-refractivity contribution in [2.24, 2.45) is 51.6 Å². The summed E-state index contributed by atoms with van der Waals surface area (Å²) in [7, 11) is 0. The predicted molar refractivity (Wildman–Crippen MR) is 390 cm³/mol. The van der Waals surface area contributed by atoms with Gasteiger partial charge in [-0.2, -0.15) is 0 Å². The number of carbonyl (C=O) groups excluding carboxylic acids is 14. The van der Waals surface area contributed by atoms with Gasteiger partial charge >= 0.3 is 5.97 Å². The van der Waals surface area contributed by atoms with Crippen molar-refractivity contribution in [2.75, 3.05) is 52.4 Å². The molecule has 0 aromatic heterocycles. The molecule has 14 atom stereocenters. The SMILES string of the molecule is CC(C)C[C@H](NC(=O)[C@@H]1CCCN1)C(=O)N[C@@H](C)C(=O)N[C@@H](CCCN=C(N)N)C(=O)N[C@H](C(=O)N[C@@H](CC(C)C)C(=O)N[C@@H](CO)C(=O)N[C@H](C(=O)N[C@@H](C)C(=O)NCC(=O)N[C@@H](CC(C)C)C(=O)N1CCC[C@H]1C(=O)NCC(=O)N[C@@H](CCCCN)C(=O)NC(CCCCN)C(=O)O)C(C)C)[C@@H](C)O. The molecule has 0 spiro atoms. The van der Waals surface area contributed by atoms with E-state index in [1.807, 2.05) is 13.8 Å². The lowest BCUT2D eigenvalue weighted by atomic mass is 10.0. The average Bonchev–Trinajstić information content (AvgIpc) is 1.64. The number of nitrogens with two attached hydrogens (primary N) is 4. The second-order valence-corrected chi connectivity index (χ2v) is 28.7. The van der Waals surface area contributed by atoms with Crippen LogP contribution in [0.5, 0.6) is 0 Å². The standard InChI is InChI=1S/C68H122N20O18/c1-35(2)29-46(83-57(95)42-21-16-26-73-42)60(98)77-40(10)56(94)81-44(22-17-27-74-68(71)72)59(97)87-54(41(11)90)65(103)84-47(30-36(3)4)61(99)85-49(34-89)62(100)86-53(38(7)8)64(102)78-39(9)55(93)75-32-52(92)80-48(31-37(5)6)66(104)88-28-18-23-50(88)63(101)76-33-51(91)79-43(19-12-14-24-69)58(96)82-45(67(105)106)20-13-15-25-70/h35-50,53-54,73,89-90H,12-34,69-70H2,1-11H3,(H,75,93)(H,76,101)(H,77,98)(H,78,102)(H,79,91)(H,80,92)(H,81,94)(H,82,96)(H,83,95)(H,84,103)(H,85,99)(H,86,100)(H,87,97)(H,105,106)(H4,71,72,74)/t39-,40-,41+,42-,43-,44-,45?,46-,47-,48-,49-,50-,53-,54-/m0/s1. The van der Waals surface area contributed by atoms with Gasteiger partial charge in [0.15, 0.2) is 5.96 Å². The number of carboxylic acids is 1. The number of nitrogens with one attached hydrogen (secondary N) is 14. The first-order chi connectivity index (χ1) is 49.8. The number of aliphatic carboxylic acids is 1. The molecule has 106 heavy (non-hydrogen) atoms. The molecular weight excluding hydrogens is 1380 g/mol. The monoisotopic (exact) mass is 1510 g/mol. The van der Waals surface area contributed by atoms with Gasteiger partial charge in [0.25, 0.3) is 0 Å². The van der Waals surface area contributed by atoms with E-state index in [0.717, 1.165) is 6.42 Å². The number of nitrogens with zero attached hydrogens (tertiary/aromatic N) is 2. The highest BCUT2D eigenvalue weighted by molar-refractivity contribution is 6.00. The van der Waals surface area contributed by atoms with E-state index in [-0.39, 0.29) is 94.1 Å². The molecule has 14 amide bonds. The number of guanidine groups is 1. The molecule has 2 aliphatic rings. The Morgan fingerprint density at radius 1 is 0.472 bits per heavy atom. The van der Waals surface area contributed by atoms with Crippen molar-refractivity contribution in [1.82, 2.24) is 79.3 Å². The molecule has 0 aliphatic carbocycles. The van der Waals surface area contributed by atoms with Crippen molar-refractivity contribution in [3.05, 3.63) is 0 Å². The van der Waals surface area contributed by atoms with E-state index in [1.54, 1.807) is 41.5 Å². The summed E-state index contributed by atoms with van der Waals surface area (Å²) in [6.07, 6.45) is 2.76. The Labute approximate surface area is 620 Å². The lowest BCUT2D eigenvalue weighted by Gasteiger charge is -2.29. The number of rotatable bonds is 49. The lowest BCUT2D eigenvalue weighted by Crippen LogP contribution is -2.62. The van der Waals surface area contributed by atoms with E-state index in [2.05, 4.69) is 79.4 Å². The quantitative estimate of drug-likeness (QED) is 0.0153. The van der Waals surface area contributed by atoms with E-state index in [9.17, 15) is 87.2 Å². The maximum atomic E-state index is 14.2. The number of hydrogen-bond donors (Lipinski definition) is 21. The Kier molecular flexibility index (Phi) is 42.5. The van der Waals surface area contributed by atoms with Crippen LogP contribution in [0.1, 0.15) is 172 Å². The van der Waals surface area contributed by atoms with E-state index < -0.39 is 193 Å². The van der Waals surface area contributed by atoms with Crippen molar-refractivity contribution in [2.45, 2.75) is 257 Å². The fraction of sp³-hybridized carbons (Fsp3) is 0.765. The van der Waals surface area contributed by atoms with Gasteiger partial charge in [0.1, 0.15) is 72.5 Å². The zero-order valence-electron chi connectivity index (χ0n) is 63.3. The van der Waals surface area contributed by atoms with Crippen LogP contribution in [0.25, 0.3) is 0 Å². The molecule has 1 unspecified atom stereocenters.